The molecule has 38 heavy (non-hydrogen) atoms. The van der Waals surface area contributed by atoms with Crippen molar-refractivity contribution >= 4 is 28.7 Å². The molecule has 4 N–H and O–H groups in total. The monoisotopic (exact) mass is 536 g/mol. The van der Waals surface area contributed by atoms with E-state index in [1.165, 1.54) is 12.4 Å². The molecule has 2 aliphatic rings. The number of benzene rings is 1. The van der Waals surface area contributed by atoms with Crippen LogP contribution >= 0.6 is 0 Å². The van der Waals surface area contributed by atoms with Crippen LogP contribution in [0.15, 0.2) is 24.5 Å². The molecule has 2 heterocycles. The van der Waals surface area contributed by atoms with E-state index in [1.54, 1.807) is 0 Å². The second kappa shape index (κ2) is 10.9. The molecule has 1 aliphatic heterocycles. The van der Waals surface area contributed by atoms with Gasteiger partial charge in [-0.05, 0) is 55.2 Å². The first kappa shape index (κ1) is 27.9. The number of anilines is 1. The summed E-state index contributed by atoms with van der Waals surface area (Å²) < 4.78 is 44.8. The first-order chi connectivity index (χ1) is 17.8. The minimum absolute atomic E-state index is 0.0153. The minimum Gasteiger partial charge on any atom is -0.446 e. The average molecular weight is 537 g/mol. The summed E-state index contributed by atoms with van der Waals surface area (Å²) in [5.74, 6) is 0.192. The molecule has 2 aromatic rings. The van der Waals surface area contributed by atoms with Gasteiger partial charge < -0.3 is 21.1 Å². The number of likely N-dealkylation sites (tertiary alicyclic amines) is 1. The Morgan fingerprint density at radius 2 is 1.82 bits per heavy atom. The van der Waals surface area contributed by atoms with Crippen LogP contribution in [0.4, 0.5) is 23.8 Å². The molecule has 0 spiro atoms. The highest BCUT2D eigenvalue weighted by Gasteiger charge is 2.40. The summed E-state index contributed by atoms with van der Waals surface area (Å²) in [6.07, 6.45) is -0.325. The first-order valence-corrected chi connectivity index (χ1v) is 12.9. The predicted molar refractivity (Wildman–Crippen MR) is 136 cm³/mol. The second-order valence-electron chi connectivity index (χ2n) is 11.3. The third-order valence-corrected chi connectivity index (χ3v) is 7.44. The Morgan fingerprint density at radius 3 is 2.42 bits per heavy atom. The van der Waals surface area contributed by atoms with Crippen LogP contribution in [0.2, 0.25) is 0 Å². The molecule has 9 nitrogen and oxygen atoms in total. The van der Waals surface area contributed by atoms with E-state index in [1.807, 2.05) is 0 Å². The number of rotatable bonds is 7. The van der Waals surface area contributed by atoms with E-state index in [0.717, 1.165) is 50.9 Å². The lowest BCUT2D eigenvalue weighted by molar-refractivity contribution is -0.137. The Morgan fingerprint density at radius 1 is 1.13 bits per heavy atom. The maximum Gasteiger partial charge on any atom is 0.416 e. The van der Waals surface area contributed by atoms with Crippen molar-refractivity contribution in [1.82, 2.24) is 20.2 Å². The van der Waals surface area contributed by atoms with Gasteiger partial charge in [0.15, 0.2) is 0 Å². The number of nitrogens with one attached hydrogen (secondary N) is 2. The highest BCUT2D eigenvalue weighted by atomic mass is 19.4. The van der Waals surface area contributed by atoms with Crippen LogP contribution in [0, 0.1) is 11.3 Å². The molecule has 1 saturated carbocycles. The largest absolute Gasteiger partial charge is 0.446 e. The summed E-state index contributed by atoms with van der Waals surface area (Å²) >= 11 is 0. The third-order valence-electron chi connectivity index (χ3n) is 7.44. The molecule has 4 rings (SSSR count). The number of amides is 2. The fourth-order valence-electron chi connectivity index (χ4n) is 5.59. The number of hydrogen-bond donors (Lipinski definition) is 3. The quantitative estimate of drug-likeness (QED) is 0.490. The van der Waals surface area contributed by atoms with Crippen LogP contribution in [0.5, 0.6) is 0 Å². The van der Waals surface area contributed by atoms with E-state index < -0.39 is 17.8 Å². The fourth-order valence-corrected chi connectivity index (χ4v) is 5.59. The Labute approximate surface area is 219 Å². The van der Waals surface area contributed by atoms with E-state index in [2.05, 4.69) is 46.3 Å². The molecular formula is C26H35F3N6O3. The zero-order valence-electron chi connectivity index (χ0n) is 21.8. The SMILES string of the molecule is CC(C)(C)C(OC(N)=O)C1CCC(N2CC(NC(=O)CNc3ncnc4ccc(C(F)(F)F)cc34)C2)CC1. The molecule has 0 radical (unpaired) electrons. The van der Waals surface area contributed by atoms with Gasteiger partial charge in [-0.3, -0.25) is 9.69 Å². The number of primary amides is 1. The van der Waals surface area contributed by atoms with Crippen molar-refractivity contribution in [2.45, 2.75) is 70.8 Å². The molecule has 2 amide bonds. The van der Waals surface area contributed by atoms with E-state index in [-0.39, 0.29) is 47.1 Å². The first-order valence-electron chi connectivity index (χ1n) is 12.9. The van der Waals surface area contributed by atoms with Gasteiger partial charge >= 0.3 is 12.3 Å². The van der Waals surface area contributed by atoms with Gasteiger partial charge in [0.05, 0.1) is 23.7 Å². The van der Waals surface area contributed by atoms with Gasteiger partial charge in [-0.25, -0.2) is 14.8 Å². The van der Waals surface area contributed by atoms with E-state index >= 15 is 0 Å². The van der Waals surface area contributed by atoms with Gasteiger partial charge in [0, 0.05) is 24.5 Å². The number of fused-ring (bicyclic) bond motifs is 1. The number of hydrogen-bond acceptors (Lipinski definition) is 7. The second-order valence-corrected chi connectivity index (χ2v) is 11.3. The van der Waals surface area contributed by atoms with E-state index in [0.29, 0.717) is 11.6 Å². The molecular weight excluding hydrogens is 501 g/mol. The van der Waals surface area contributed by atoms with Crippen molar-refractivity contribution in [1.29, 1.82) is 0 Å². The normalized spacial score (nSPS) is 21.9. The lowest BCUT2D eigenvalue weighted by Crippen LogP contribution is -2.63. The van der Waals surface area contributed by atoms with Crippen molar-refractivity contribution in [3.05, 3.63) is 30.1 Å². The summed E-state index contributed by atoms with van der Waals surface area (Å²) in [5.41, 5.74) is 4.67. The van der Waals surface area contributed by atoms with Crippen molar-refractivity contribution in [2.24, 2.45) is 17.1 Å². The summed E-state index contributed by atoms with van der Waals surface area (Å²) in [6.45, 7) is 7.53. The molecule has 1 unspecified atom stereocenters. The fraction of sp³-hybridized carbons (Fsp3) is 0.615. The predicted octanol–water partition coefficient (Wildman–Crippen LogP) is 3.93. The minimum atomic E-state index is -4.49. The summed E-state index contributed by atoms with van der Waals surface area (Å²) in [4.78, 5) is 34.3. The van der Waals surface area contributed by atoms with Gasteiger partial charge in [-0.15, -0.1) is 0 Å². The lowest BCUT2D eigenvalue weighted by Gasteiger charge is -2.48. The Balaban J connectivity index is 1.23. The van der Waals surface area contributed by atoms with Crippen LogP contribution in [0.25, 0.3) is 10.9 Å². The van der Waals surface area contributed by atoms with Gasteiger partial charge in [0.1, 0.15) is 18.2 Å². The maximum atomic E-state index is 13.1. The molecule has 1 aromatic heterocycles. The lowest BCUT2D eigenvalue weighted by atomic mass is 9.73. The van der Waals surface area contributed by atoms with Crippen LogP contribution in [-0.2, 0) is 15.7 Å². The molecule has 0 bridgehead atoms. The average Bonchev–Trinajstić information content (AvgIpc) is 2.81. The van der Waals surface area contributed by atoms with Crippen molar-refractivity contribution < 1.29 is 27.5 Å². The number of halogens is 3. The number of alkyl halides is 3. The highest BCUT2D eigenvalue weighted by molar-refractivity contribution is 5.91. The zero-order valence-corrected chi connectivity index (χ0v) is 21.8. The molecule has 2 fully saturated rings. The molecule has 1 aliphatic carbocycles. The van der Waals surface area contributed by atoms with Crippen LogP contribution < -0.4 is 16.4 Å². The zero-order chi connectivity index (χ0) is 27.7. The smallest absolute Gasteiger partial charge is 0.416 e. The van der Waals surface area contributed by atoms with Crippen molar-refractivity contribution in [2.75, 3.05) is 25.0 Å². The van der Waals surface area contributed by atoms with Gasteiger partial charge in [-0.2, -0.15) is 13.2 Å². The van der Waals surface area contributed by atoms with Gasteiger partial charge in [0.25, 0.3) is 0 Å². The number of ether oxygens (including phenoxy) is 1. The van der Waals surface area contributed by atoms with Crippen LogP contribution in [-0.4, -0.2) is 64.7 Å². The van der Waals surface area contributed by atoms with E-state index in [9.17, 15) is 22.8 Å². The molecule has 1 aromatic carbocycles. The molecule has 12 heteroatoms. The highest BCUT2D eigenvalue weighted by Crippen LogP contribution is 2.39. The number of carbonyl (C=O) groups is 2. The Hall–Kier alpha value is -3.15. The number of nitrogens with two attached hydrogens (primary N) is 1. The summed E-state index contributed by atoms with van der Waals surface area (Å²) in [5, 5.41) is 6.02. The Kier molecular flexibility index (Phi) is 8.01. The topological polar surface area (TPSA) is 122 Å². The van der Waals surface area contributed by atoms with Gasteiger partial charge in [-0.1, -0.05) is 20.8 Å². The third kappa shape index (κ3) is 6.64. The van der Waals surface area contributed by atoms with Gasteiger partial charge in [0.2, 0.25) is 5.91 Å². The number of aromatic nitrogens is 2. The van der Waals surface area contributed by atoms with Crippen LogP contribution in [0.1, 0.15) is 52.0 Å². The Bertz CT molecular complexity index is 1160. The summed E-state index contributed by atoms with van der Waals surface area (Å²) in [6, 6.07) is 3.68. The number of carbonyl (C=O) groups excluding carboxylic acids is 2. The number of nitrogens with zero attached hydrogens (tertiary/aromatic N) is 3. The molecule has 1 atom stereocenters. The summed E-state index contributed by atoms with van der Waals surface area (Å²) in [7, 11) is 0. The van der Waals surface area contributed by atoms with Crippen molar-refractivity contribution in [3.8, 4) is 0 Å². The molecule has 208 valence electrons. The van der Waals surface area contributed by atoms with E-state index in [4.69, 9.17) is 10.5 Å². The maximum absolute atomic E-state index is 13.1. The standard InChI is InChI=1S/C26H35F3N6O3/c1-25(2,3)22(38-24(30)37)15-4-7-18(8-5-15)35-12-17(13-35)34-21(36)11-31-23-19-10-16(26(27,28)29)6-9-20(19)32-14-33-23/h6,9-10,14-15,17-18,22H,4-5,7-8,11-13H2,1-3H3,(H2,30,37)(H,34,36)(H,31,32,33). The molecule has 1 saturated heterocycles. The van der Waals surface area contributed by atoms with Crippen LogP contribution in [0.3, 0.4) is 0 Å². The van der Waals surface area contributed by atoms with Crippen molar-refractivity contribution in [3.63, 3.8) is 0 Å².